The summed E-state index contributed by atoms with van der Waals surface area (Å²) in [6, 6.07) is 15.6. The van der Waals surface area contributed by atoms with Crippen LogP contribution in [0, 0.1) is 0 Å². The zero-order valence-corrected chi connectivity index (χ0v) is 15.0. The second-order valence-electron chi connectivity index (χ2n) is 6.31. The predicted octanol–water partition coefficient (Wildman–Crippen LogP) is 4.32. The lowest BCUT2D eigenvalue weighted by atomic mass is 9.97. The van der Waals surface area contributed by atoms with E-state index in [1.165, 1.54) is 9.71 Å². The molecule has 0 radical (unpaired) electrons. The number of methoxy groups -OCH3 is 1. The molecular formula is C20H20N2O2S. The van der Waals surface area contributed by atoms with Gasteiger partial charge < -0.3 is 9.64 Å². The number of carbonyl (C=O) groups is 1. The summed E-state index contributed by atoms with van der Waals surface area (Å²) in [6.07, 6.45) is 1.95. The Kier molecular flexibility index (Phi) is 4.40. The fraction of sp³-hybridized carbons (Fsp3) is 0.300. The molecule has 0 N–H and O–H groups in total. The first-order chi connectivity index (χ1) is 12.2. The van der Waals surface area contributed by atoms with Gasteiger partial charge in [0.05, 0.1) is 22.3 Å². The number of hydrogen-bond donors (Lipinski definition) is 0. The van der Waals surface area contributed by atoms with E-state index in [0.29, 0.717) is 5.92 Å². The van der Waals surface area contributed by atoms with Crippen molar-refractivity contribution in [3.8, 4) is 5.75 Å². The third-order valence-corrected chi connectivity index (χ3v) is 5.98. The number of rotatable bonds is 3. The van der Waals surface area contributed by atoms with Gasteiger partial charge >= 0.3 is 0 Å². The number of benzene rings is 2. The molecular weight excluding hydrogens is 332 g/mol. The van der Waals surface area contributed by atoms with Crippen LogP contribution in [-0.4, -0.2) is 36.0 Å². The third kappa shape index (κ3) is 3.24. The highest BCUT2D eigenvalue weighted by atomic mass is 32.1. The van der Waals surface area contributed by atoms with E-state index in [1.807, 2.05) is 35.2 Å². The van der Waals surface area contributed by atoms with Crippen LogP contribution in [0.4, 0.5) is 0 Å². The smallest absolute Gasteiger partial charge is 0.253 e. The number of piperidine rings is 1. The first-order valence-corrected chi connectivity index (χ1v) is 9.35. The summed E-state index contributed by atoms with van der Waals surface area (Å²) >= 11 is 1.79. The zero-order chi connectivity index (χ0) is 17.2. The number of fused-ring (bicyclic) bond motifs is 1. The lowest BCUT2D eigenvalue weighted by Crippen LogP contribution is -2.37. The fourth-order valence-electron chi connectivity index (χ4n) is 3.31. The van der Waals surface area contributed by atoms with Crippen LogP contribution in [0.25, 0.3) is 10.2 Å². The Balaban J connectivity index is 1.42. The number of aromatic nitrogens is 1. The highest BCUT2D eigenvalue weighted by Gasteiger charge is 2.26. The van der Waals surface area contributed by atoms with Crippen LogP contribution in [0.15, 0.2) is 48.5 Å². The van der Waals surface area contributed by atoms with Crippen LogP contribution in [-0.2, 0) is 0 Å². The van der Waals surface area contributed by atoms with E-state index in [2.05, 4.69) is 18.2 Å². The Morgan fingerprint density at radius 1 is 1.12 bits per heavy atom. The molecule has 0 unspecified atom stereocenters. The molecule has 1 aromatic heterocycles. The van der Waals surface area contributed by atoms with Gasteiger partial charge in [-0.1, -0.05) is 12.1 Å². The van der Waals surface area contributed by atoms with E-state index in [0.717, 1.165) is 42.8 Å². The SMILES string of the molecule is COc1ccc(C(=O)N2CCC(c3nc4ccccc4s3)CC2)cc1. The van der Waals surface area contributed by atoms with Gasteiger partial charge in [-0.2, -0.15) is 0 Å². The van der Waals surface area contributed by atoms with E-state index < -0.39 is 0 Å². The van der Waals surface area contributed by atoms with Crippen LogP contribution in [0.2, 0.25) is 0 Å². The monoisotopic (exact) mass is 352 g/mol. The molecule has 0 saturated carbocycles. The molecule has 0 spiro atoms. The van der Waals surface area contributed by atoms with Crippen LogP contribution in [0.3, 0.4) is 0 Å². The average molecular weight is 352 g/mol. The maximum Gasteiger partial charge on any atom is 0.253 e. The molecule has 1 fully saturated rings. The summed E-state index contributed by atoms with van der Waals surface area (Å²) in [5.74, 6) is 1.33. The van der Waals surface area contributed by atoms with Crippen molar-refractivity contribution in [3.05, 3.63) is 59.1 Å². The van der Waals surface area contributed by atoms with Gasteiger partial charge in [0.1, 0.15) is 5.75 Å². The quantitative estimate of drug-likeness (QED) is 0.705. The van der Waals surface area contributed by atoms with Gasteiger partial charge in [-0.15, -0.1) is 11.3 Å². The summed E-state index contributed by atoms with van der Waals surface area (Å²) in [5, 5.41) is 1.21. The zero-order valence-electron chi connectivity index (χ0n) is 14.1. The molecule has 128 valence electrons. The molecule has 5 heteroatoms. The second-order valence-corrected chi connectivity index (χ2v) is 7.38. The van der Waals surface area contributed by atoms with Gasteiger partial charge in [-0.25, -0.2) is 4.98 Å². The first-order valence-electron chi connectivity index (χ1n) is 8.53. The molecule has 0 bridgehead atoms. The van der Waals surface area contributed by atoms with E-state index in [1.54, 1.807) is 18.4 Å². The van der Waals surface area contributed by atoms with Crippen molar-refractivity contribution < 1.29 is 9.53 Å². The van der Waals surface area contributed by atoms with Crippen molar-refractivity contribution in [2.45, 2.75) is 18.8 Å². The Morgan fingerprint density at radius 2 is 1.84 bits per heavy atom. The van der Waals surface area contributed by atoms with E-state index in [-0.39, 0.29) is 5.91 Å². The predicted molar refractivity (Wildman–Crippen MR) is 100 cm³/mol. The summed E-state index contributed by atoms with van der Waals surface area (Å²) < 4.78 is 6.40. The van der Waals surface area contributed by atoms with Gasteiger partial charge in [0.25, 0.3) is 5.91 Å². The van der Waals surface area contributed by atoms with Gasteiger partial charge in [0, 0.05) is 24.6 Å². The summed E-state index contributed by atoms with van der Waals surface area (Å²) in [4.78, 5) is 19.4. The maximum atomic E-state index is 12.7. The molecule has 1 aliphatic rings. The number of ether oxygens (including phenoxy) is 1. The van der Waals surface area contributed by atoms with Gasteiger partial charge in [0.15, 0.2) is 0 Å². The molecule has 1 saturated heterocycles. The van der Waals surface area contributed by atoms with Crippen molar-refractivity contribution in [2.75, 3.05) is 20.2 Å². The lowest BCUT2D eigenvalue weighted by Gasteiger charge is -2.31. The third-order valence-electron chi connectivity index (χ3n) is 4.78. The normalized spacial score (nSPS) is 15.5. The molecule has 1 amide bonds. The minimum atomic E-state index is 0.102. The fourth-order valence-corrected chi connectivity index (χ4v) is 4.45. The lowest BCUT2D eigenvalue weighted by molar-refractivity contribution is 0.0713. The second kappa shape index (κ2) is 6.84. The molecule has 2 heterocycles. The summed E-state index contributed by atoms with van der Waals surface area (Å²) in [5.41, 5.74) is 1.80. The first kappa shape index (κ1) is 16.1. The van der Waals surface area contributed by atoms with Crippen LogP contribution < -0.4 is 4.74 Å². The van der Waals surface area contributed by atoms with E-state index >= 15 is 0 Å². The highest BCUT2D eigenvalue weighted by Crippen LogP contribution is 2.34. The molecule has 3 aromatic rings. The maximum absolute atomic E-state index is 12.7. The molecule has 0 aliphatic carbocycles. The number of amides is 1. The van der Waals surface area contributed by atoms with Crippen LogP contribution in [0.1, 0.15) is 34.1 Å². The van der Waals surface area contributed by atoms with Crippen molar-refractivity contribution in [1.82, 2.24) is 9.88 Å². The Hall–Kier alpha value is -2.40. The summed E-state index contributed by atoms with van der Waals surface area (Å²) in [6.45, 7) is 1.57. The number of nitrogens with zero attached hydrogens (tertiary/aromatic N) is 2. The van der Waals surface area contributed by atoms with Crippen molar-refractivity contribution in [3.63, 3.8) is 0 Å². The number of thiazole rings is 1. The topological polar surface area (TPSA) is 42.4 Å². The number of likely N-dealkylation sites (tertiary alicyclic amines) is 1. The number of carbonyl (C=O) groups excluding carboxylic acids is 1. The number of para-hydroxylation sites is 1. The largest absolute Gasteiger partial charge is 0.497 e. The van der Waals surface area contributed by atoms with Gasteiger partial charge in [0.2, 0.25) is 0 Å². The van der Waals surface area contributed by atoms with Crippen LogP contribution >= 0.6 is 11.3 Å². The Morgan fingerprint density at radius 3 is 2.52 bits per heavy atom. The highest BCUT2D eigenvalue weighted by molar-refractivity contribution is 7.18. The van der Waals surface area contributed by atoms with E-state index in [4.69, 9.17) is 9.72 Å². The van der Waals surface area contributed by atoms with Crippen molar-refractivity contribution >= 4 is 27.5 Å². The summed E-state index contributed by atoms with van der Waals surface area (Å²) in [7, 11) is 1.63. The number of hydrogen-bond acceptors (Lipinski definition) is 4. The Bertz CT molecular complexity index is 847. The molecule has 2 aromatic carbocycles. The molecule has 4 rings (SSSR count). The van der Waals surface area contributed by atoms with Crippen molar-refractivity contribution in [1.29, 1.82) is 0 Å². The Labute approximate surface area is 151 Å². The van der Waals surface area contributed by atoms with E-state index in [9.17, 15) is 4.79 Å². The molecule has 25 heavy (non-hydrogen) atoms. The average Bonchev–Trinajstić information content (AvgIpc) is 3.12. The minimum Gasteiger partial charge on any atom is -0.497 e. The molecule has 1 aliphatic heterocycles. The van der Waals surface area contributed by atoms with Crippen molar-refractivity contribution in [2.24, 2.45) is 0 Å². The molecule has 4 nitrogen and oxygen atoms in total. The minimum absolute atomic E-state index is 0.102. The standard InChI is InChI=1S/C20H20N2O2S/c1-24-16-8-6-15(7-9-16)20(23)22-12-10-14(11-13-22)19-21-17-4-2-3-5-18(17)25-19/h2-9,14H,10-13H2,1H3. The molecule has 0 atom stereocenters. The van der Waals surface area contributed by atoms with Gasteiger partial charge in [-0.05, 0) is 49.2 Å². The van der Waals surface area contributed by atoms with Gasteiger partial charge in [-0.3, -0.25) is 4.79 Å². The van der Waals surface area contributed by atoms with Crippen LogP contribution in [0.5, 0.6) is 5.75 Å².